The Kier molecular flexibility index (Phi) is 4.24. The Balaban J connectivity index is 1.98. The molecular weight excluding hydrogens is 250 g/mol. The molecule has 0 saturated heterocycles. The van der Waals surface area contributed by atoms with Crippen LogP contribution in [0.2, 0.25) is 5.02 Å². The van der Waals surface area contributed by atoms with Crippen molar-refractivity contribution in [3.8, 4) is 0 Å². The number of benzene rings is 1. The second-order valence-electron chi connectivity index (χ2n) is 3.88. The van der Waals surface area contributed by atoms with Crippen molar-refractivity contribution in [3.05, 3.63) is 64.9 Å². The van der Waals surface area contributed by atoms with Gasteiger partial charge in [0.1, 0.15) is 0 Å². The van der Waals surface area contributed by atoms with E-state index in [1.807, 2.05) is 42.6 Å². The molecule has 0 unspecified atom stereocenters. The Labute approximate surface area is 111 Å². The van der Waals surface area contributed by atoms with Crippen molar-refractivity contribution >= 4 is 28.7 Å². The van der Waals surface area contributed by atoms with Gasteiger partial charge in [0.05, 0.1) is 0 Å². The molecule has 0 fully saturated rings. The Morgan fingerprint density at radius 2 is 1.88 bits per heavy atom. The minimum Gasteiger partial charge on any atom is -0.264 e. The van der Waals surface area contributed by atoms with E-state index < -0.39 is 0 Å². The van der Waals surface area contributed by atoms with E-state index in [1.165, 1.54) is 0 Å². The highest BCUT2D eigenvalue weighted by Crippen LogP contribution is 2.12. The molecule has 1 aromatic heterocycles. The average Bonchev–Trinajstić information content (AvgIpc) is 2.30. The molecule has 0 aliphatic carbocycles. The lowest BCUT2D eigenvalue weighted by Gasteiger charge is -2.04. The Morgan fingerprint density at radius 3 is 2.59 bits per heavy atom. The second-order valence-corrected chi connectivity index (χ2v) is 4.90. The van der Waals surface area contributed by atoms with Crippen molar-refractivity contribution < 1.29 is 0 Å². The zero-order chi connectivity index (χ0) is 12.1. The summed E-state index contributed by atoms with van der Waals surface area (Å²) in [4.78, 5) is 5.08. The number of thiocarbonyl (C=S) groups is 1. The molecule has 2 rings (SSSR count). The third kappa shape index (κ3) is 3.91. The summed E-state index contributed by atoms with van der Waals surface area (Å²) in [5.74, 6) is 0. The van der Waals surface area contributed by atoms with Gasteiger partial charge in [-0.3, -0.25) is 4.98 Å². The molecule has 3 heteroatoms. The third-order valence-corrected chi connectivity index (χ3v) is 2.94. The van der Waals surface area contributed by atoms with E-state index in [0.29, 0.717) is 0 Å². The predicted octanol–water partition coefficient (Wildman–Crippen LogP) is 3.89. The molecule has 0 aliphatic heterocycles. The van der Waals surface area contributed by atoms with Gasteiger partial charge in [0.15, 0.2) is 0 Å². The molecule has 0 atom stereocenters. The zero-order valence-corrected chi connectivity index (χ0v) is 10.8. The molecule has 0 spiro atoms. The van der Waals surface area contributed by atoms with Gasteiger partial charge in [-0.2, -0.15) is 0 Å². The van der Waals surface area contributed by atoms with Crippen LogP contribution >= 0.6 is 23.8 Å². The zero-order valence-electron chi connectivity index (χ0n) is 9.27. The average molecular weight is 262 g/mol. The van der Waals surface area contributed by atoms with Crippen LogP contribution in [0.4, 0.5) is 0 Å². The molecule has 0 N–H and O–H groups in total. The fourth-order valence-electron chi connectivity index (χ4n) is 1.67. The normalized spacial score (nSPS) is 10.2. The van der Waals surface area contributed by atoms with Crippen molar-refractivity contribution in [1.29, 1.82) is 0 Å². The number of aromatic nitrogens is 1. The van der Waals surface area contributed by atoms with Crippen LogP contribution in [0.25, 0.3) is 0 Å². The first-order valence-corrected chi connectivity index (χ1v) is 6.18. The molecule has 0 aliphatic rings. The summed E-state index contributed by atoms with van der Waals surface area (Å²) in [6, 6.07) is 11.8. The van der Waals surface area contributed by atoms with E-state index in [4.69, 9.17) is 23.8 Å². The van der Waals surface area contributed by atoms with E-state index in [9.17, 15) is 0 Å². The Hall–Kier alpha value is -1.25. The molecule has 17 heavy (non-hydrogen) atoms. The van der Waals surface area contributed by atoms with Crippen molar-refractivity contribution in [1.82, 2.24) is 4.98 Å². The predicted molar refractivity (Wildman–Crippen MR) is 75.7 cm³/mol. The van der Waals surface area contributed by atoms with Crippen molar-refractivity contribution in [3.63, 3.8) is 0 Å². The monoisotopic (exact) mass is 261 g/mol. The lowest BCUT2D eigenvalue weighted by Crippen LogP contribution is -2.04. The highest BCUT2D eigenvalue weighted by atomic mass is 35.5. The fraction of sp³-hybridized carbons (Fsp3) is 0.143. The van der Waals surface area contributed by atoms with E-state index >= 15 is 0 Å². The van der Waals surface area contributed by atoms with Crippen LogP contribution < -0.4 is 0 Å². The van der Waals surface area contributed by atoms with Gasteiger partial charge in [0, 0.05) is 35.1 Å². The van der Waals surface area contributed by atoms with Crippen LogP contribution in [0.15, 0.2) is 48.8 Å². The molecule has 2 aromatic rings. The SMILES string of the molecule is S=C(Cc1cccnc1)Cc1cccc(Cl)c1. The van der Waals surface area contributed by atoms with Crippen LogP contribution in [0, 0.1) is 0 Å². The Morgan fingerprint density at radius 1 is 1.12 bits per heavy atom. The molecule has 86 valence electrons. The summed E-state index contributed by atoms with van der Waals surface area (Å²) < 4.78 is 0. The largest absolute Gasteiger partial charge is 0.264 e. The summed E-state index contributed by atoms with van der Waals surface area (Å²) in [7, 11) is 0. The molecule has 1 aromatic carbocycles. The van der Waals surface area contributed by atoms with Crippen molar-refractivity contribution in [2.24, 2.45) is 0 Å². The van der Waals surface area contributed by atoms with Gasteiger partial charge in [0.25, 0.3) is 0 Å². The maximum atomic E-state index is 5.94. The highest BCUT2D eigenvalue weighted by Gasteiger charge is 2.02. The van der Waals surface area contributed by atoms with Crippen LogP contribution in [-0.2, 0) is 12.8 Å². The van der Waals surface area contributed by atoms with E-state index in [2.05, 4.69) is 4.98 Å². The quantitative estimate of drug-likeness (QED) is 0.775. The summed E-state index contributed by atoms with van der Waals surface area (Å²) >= 11 is 11.3. The molecule has 0 saturated carbocycles. The van der Waals surface area contributed by atoms with Gasteiger partial charge in [-0.25, -0.2) is 0 Å². The standard InChI is InChI=1S/C14H12ClNS/c15-13-5-1-3-11(7-13)8-14(17)9-12-4-2-6-16-10-12/h1-7,10H,8-9H2. The molecule has 0 radical (unpaired) electrons. The number of rotatable bonds is 4. The minimum atomic E-state index is 0.756. The summed E-state index contributed by atoms with van der Waals surface area (Å²) in [5, 5.41) is 0.756. The van der Waals surface area contributed by atoms with Gasteiger partial charge >= 0.3 is 0 Å². The van der Waals surface area contributed by atoms with Gasteiger partial charge < -0.3 is 0 Å². The highest BCUT2D eigenvalue weighted by molar-refractivity contribution is 7.80. The van der Waals surface area contributed by atoms with E-state index in [1.54, 1.807) is 6.20 Å². The van der Waals surface area contributed by atoms with Crippen molar-refractivity contribution in [2.75, 3.05) is 0 Å². The number of halogens is 1. The molecular formula is C14H12ClNS. The summed E-state index contributed by atoms with van der Waals surface area (Å²) in [5.41, 5.74) is 2.31. The summed E-state index contributed by atoms with van der Waals surface area (Å²) in [6.07, 6.45) is 5.19. The van der Waals surface area contributed by atoms with Gasteiger partial charge in [-0.1, -0.05) is 42.0 Å². The maximum absolute atomic E-state index is 5.94. The van der Waals surface area contributed by atoms with Gasteiger partial charge in [-0.15, -0.1) is 0 Å². The maximum Gasteiger partial charge on any atom is 0.0408 e. The van der Waals surface area contributed by atoms with Crippen LogP contribution in [0.5, 0.6) is 0 Å². The Bertz CT molecular complexity index is 511. The van der Waals surface area contributed by atoms with Crippen molar-refractivity contribution in [2.45, 2.75) is 12.8 Å². The first kappa shape index (κ1) is 12.2. The fourth-order valence-corrected chi connectivity index (χ4v) is 2.21. The smallest absolute Gasteiger partial charge is 0.0408 e. The van der Waals surface area contributed by atoms with E-state index in [-0.39, 0.29) is 0 Å². The molecule has 1 nitrogen and oxygen atoms in total. The van der Waals surface area contributed by atoms with Crippen LogP contribution in [0.3, 0.4) is 0 Å². The third-order valence-electron chi connectivity index (χ3n) is 2.41. The molecule has 0 bridgehead atoms. The number of hydrogen-bond donors (Lipinski definition) is 0. The van der Waals surface area contributed by atoms with Crippen LogP contribution in [-0.4, -0.2) is 9.85 Å². The first-order chi connectivity index (χ1) is 8.24. The summed E-state index contributed by atoms with van der Waals surface area (Å²) in [6.45, 7) is 0. The lowest BCUT2D eigenvalue weighted by atomic mass is 10.1. The topological polar surface area (TPSA) is 12.9 Å². The number of pyridine rings is 1. The van der Waals surface area contributed by atoms with E-state index in [0.717, 1.165) is 33.9 Å². The number of hydrogen-bond acceptors (Lipinski definition) is 2. The second kappa shape index (κ2) is 5.89. The lowest BCUT2D eigenvalue weighted by molar-refractivity contribution is 1.20. The van der Waals surface area contributed by atoms with Gasteiger partial charge in [-0.05, 0) is 29.3 Å². The minimum absolute atomic E-state index is 0.756. The molecule has 1 heterocycles. The van der Waals surface area contributed by atoms with Crippen LogP contribution in [0.1, 0.15) is 11.1 Å². The first-order valence-electron chi connectivity index (χ1n) is 5.39. The van der Waals surface area contributed by atoms with Gasteiger partial charge in [0.2, 0.25) is 0 Å². The molecule has 0 amide bonds. The number of nitrogens with zero attached hydrogens (tertiary/aromatic N) is 1.